The highest BCUT2D eigenvalue weighted by Gasteiger charge is 2.29. The zero-order chi connectivity index (χ0) is 20.0. The van der Waals surface area contributed by atoms with Crippen LogP contribution in [0.3, 0.4) is 0 Å². The largest absolute Gasteiger partial charge is 0.330 e. The molecule has 0 spiro atoms. The van der Waals surface area contributed by atoms with Crippen LogP contribution in [0, 0.1) is 13.8 Å². The number of tetrazole rings is 1. The number of hydrogen-bond acceptors (Lipinski definition) is 5. The zero-order valence-corrected chi connectivity index (χ0v) is 17.4. The number of amides is 1. The summed E-state index contributed by atoms with van der Waals surface area (Å²) in [4.78, 5) is 16.1. The van der Waals surface area contributed by atoms with E-state index in [4.69, 9.17) is 0 Å². The van der Waals surface area contributed by atoms with Gasteiger partial charge in [-0.15, -0.1) is 16.4 Å². The summed E-state index contributed by atoms with van der Waals surface area (Å²) >= 11 is 1.50. The van der Waals surface area contributed by atoms with Gasteiger partial charge in [0.15, 0.2) is 5.65 Å². The molecule has 3 aromatic heterocycles. The lowest BCUT2D eigenvalue weighted by Crippen LogP contribution is -2.38. The molecule has 0 radical (unpaired) electrons. The molecular formula is C22H23N5OS. The van der Waals surface area contributed by atoms with Crippen molar-refractivity contribution in [2.45, 2.75) is 52.1 Å². The Balaban J connectivity index is 1.61. The summed E-state index contributed by atoms with van der Waals surface area (Å²) in [5, 5.41) is 15.5. The lowest BCUT2D eigenvalue weighted by Gasteiger charge is -2.29. The molecule has 6 nitrogen and oxygen atoms in total. The van der Waals surface area contributed by atoms with Crippen LogP contribution < -0.4 is 0 Å². The van der Waals surface area contributed by atoms with Gasteiger partial charge in [0.2, 0.25) is 0 Å². The number of carbonyl (C=O) groups is 1. The van der Waals surface area contributed by atoms with E-state index in [-0.39, 0.29) is 11.9 Å². The van der Waals surface area contributed by atoms with Gasteiger partial charge < -0.3 is 4.90 Å². The fourth-order valence-corrected chi connectivity index (χ4v) is 5.03. The Hall–Kier alpha value is -2.80. The summed E-state index contributed by atoms with van der Waals surface area (Å²) in [6.07, 6.45) is 4.47. The highest BCUT2D eigenvalue weighted by atomic mass is 32.1. The molecule has 7 heteroatoms. The number of thiophene rings is 1. The fraction of sp³-hybridized carbons (Fsp3) is 0.364. The molecular weight excluding hydrogens is 382 g/mol. The van der Waals surface area contributed by atoms with Crippen LogP contribution >= 0.6 is 11.3 Å². The van der Waals surface area contributed by atoms with Crippen LogP contribution in [0.4, 0.5) is 0 Å². The predicted octanol–water partition coefficient (Wildman–Crippen LogP) is 4.54. The van der Waals surface area contributed by atoms with Crippen LogP contribution in [-0.4, -0.2) is 36.9 Å². The number of fused-ring (bicyclic) bond motifs is 3. The lowest BCUT2D eigenvalue weighted by molar-refractivity contribution is 0.0670. The lowest BCUT2D eigenvalue weighted by atomic mass is 10.0. The van der Waals surface area contributed by atoms with Crippen molar-refractivity contribution in [2.75, 3.05) is 0 Å². The molecule has 1 aliphatic carbocycles. The monoisotopic (exact) mass is 405 g/mol. The van der Waals surface area contributed by atoms with Crippen molar-refractivity contribution < 1.29 is 4.79 Å². The standard InChI is InChI=1S/C22H23N5OS/c1-14-10-16-12-17(21-23-24-25-27(21)19(16)11-15(14)2)13-26(18-6-3-4-7-18)22(28)20-8-5-9-29-20/h5,8-12,18H,3-4,6-7,13H2,1-2H3. The Kier molecular flexibility index (Phi) is 4.54. The number of aryl methyl sites for hydroxylation is 2. The first-order chi connectivity index (χ1) is 14.1. The van der Waals surface area contributed by atoms with E-state index in [1.165, 1.54) is 35.3 Å². The molecule has 1 fully saturated rings. The molecule has 3 heterocycles. The third-order valence-corrected chi connectivity index (χ3v) is 6.91. The van der Waals surface area contributed by atoms with Crippen molar-refractivity contribution in [1.29, 1.82) is 0 Å². The van der Waals surface area contributed by atoms with E-state index >= 15 is 0 Å². The van der Waals surface area contributed by atoms with E-state index in [0.29, 0.717) is 6.54 Å². The van der Waals surface area contributed by atoms with Crippen LogP contribution in [0.15, 0.2) is 35.7 Å². The third-order valence-electron chi connectivity index (χ3n) is 6.06. The van der Waals surface area contributed by atoms with Crippen LogP contribution in [0.5, 0.6) is 0 Å². The first-order valence-corrected chi connectivity index (χ1v) is 10.9. The van der Waals surface area contributed by atoms with Gasteiger partial charge in [-0.3, -0.25) is 4.79 Å². The van der Waals surface area contributed by atoms with Crippen LogP contribution in [0.1, 0.15) is 52.0 Å². The number of hydrogen-bond donors (Lipinski definition) is 0. The van der Waals surface area contributed by atoms with Crippen molar-refractivity contribution in [3.63, 3.8) is 0 Å². The summed E-state index contributed by atoms with van der Waals surface area (Å²) in [5.41, 5.74) is 5.15. The molecule has 29 heavy (non-hydrogen) atoms. The third kappa shape index (κ3) is 3.19. The summed E-state index contributed by atoms with van der Waals surface area (Å²) < 4.78 is 1.81. The van der Waals surface area contributed by atoms with E-state index in [1.54, 1.807) is 4.52 Å². The number of nitrogens with zero attached hydrogens (tertiary/aromatic N) is 5. The minimum absolute atomic E-state index is 0.109. The van der Waals surface area contributed by atoms with Crippen molar-refractivity contribution >= 4 is 33.8 Å². The van der Waals surface area contributed by atoms with E-state index in [0.717, 1.165) is 39.8 Å². The summed E-state index contributed by atoms with van der Waals surface area (Å²) in [6, 6.07) is 10.6. The number of pyridine rings is 1. The van der Waals surface area contributed by atoms with Gasteiger partial charge in [-0.2, -0.15) is 4.52 Å². The first-order valence-electron chi connectivity index (χ1n) is 10.1. The molecule has 0 saturated heterocycles. The van der Waals surface area contributed by atoms with Crippen molar-refractivity contribution in [1.82, 2.24) is 24.9 Å². The molecule has 0 N–H and O–H groups in total. The molecule has 0 unspecified atom stereocenters. The minimum atomic E-state index is 0.109. The Morgan fingerprint density at radius 2 is 2.00 bits per heavy atom. The molecule has 0 atom stereocenters. The predicted molar refractivity (Wildman–Crippen MR) is 114 cm³/mol. The molecule has 1 amide bonds. The molecule has 1 aliphatic rings. The molecule has 5 rings (SSSR count). The highest BCUT2D eigenvalue weighted by molar-refractivity contribution is 7.12. The fourth-order valence-electron chi connectivity index (χ4n) is 4.35. The summed E-state index contributed by atoms with van der Waals surface area (Å²) in [5.74, 6) is 0.109. The van der Waals surface area contributed by atoms with Gasteiger partial charge in [0.25, 0.3) is 5.91 Å². The minimum Gasteiger partial charge on any atom is -0.330 e. The van der Waals surface area contributed by atoms with E-state index < -0.39 is 0 Å². The average molecular weight is 406 g/mol. The maximum Gasteiger partial charge on any atom is 0.264 e. The van der Waals surface area contributed by atoms with Crippen molar-refractivity contribution in [3.05, 3.63) is 57.3 Å². The van der Waals surface area contributed by atoms with Gasteiger partial charge in [0, 0.05) is 17.0 Å². The normalized spacial score (nSPS) is 14.8. The maximum atomic E-state index is 13.3. The molecule has 1 aromatic carbocycles. The average Bonchev–Trinajstić information content (AvgIpc) is 3.49. The summed E-state index contributed by atoms with van der Waals surface area (Å²) in [6.45, 7) is 4.73. The topological polar surface area (TPSA) is 63.4 Å². The van der Waals surface area contributed by atoms with Crippen LogP contribution in [-0.2, 0) is 6.54 Å². The molecule has 1 saturated carbocycles. The van der Waals surface area contributed by atoms with Crippen molar-refractivity contribution in [3.8, 4) is 0 Å². The molecule has 0 bridgehead atoms. The van der Waals surface area contributed by atoms with Crippen LogP contribution in [0.25, 0.3) is 16.6 Å². The highest BCUT2D eigenvalue weighted by Crippen LogP contribution is 2.29. The Labute approximate surface area is 173 Å². The Morgan fingerprint density at radius 1 is 1.21 bits per heavy atom. The number of rotatable bonds is 4. The smallest absolute Gasteiger partial charge is 0.264 e. The second-order valence-electron chi connectivity index (χ2n) is 7.93. The Bertz CT molecular complexity index is 1190. The Morgan fingerprint density at radius 3 is 2.76 bits per heavy atom. The van der Waals surface area contributed by atoms with Gasteiger partial charge in [-0.25, -0.2) is 0 Å². The van der Waals surface area contributed by atoms with E-state index in [9.17, 15) is 4.79 Å². The van der Waals surface area contributed by atoms with Crippen molar-refractivity contribution in [2.24, 2.45) is 0 Å². The summed E-state index contributed by atoms with van der Waals surface area (Å²) in [7, 11) is 0. The van der Waals surface area contributed by atoms with Gasteiger partial charge in [0.05, 0.1) is 16.9 Å². The van der Waals surface area contributed by atoms with Gasteiger partial charge in [0.1, 0.15) is 0 Å². The number of carbonyl (C=O) groups excluding carboxylic acids is 1. The van der Waals surface area contributed by atoms with Gasteiger partial charge in [-0.05, 0) is 77.9 Å². The molecule has 148 valence electrons. The SMILES string of the molecule is Cc1cc2cc(CN(C(=O)c3cccs3)C3CCCC3)c3nnnn3c2cc1C. The second-order valence-corrected chi connectivity index (χ2v) is 8.88. The van der Waals surface area contributed by atoms with Gasteiger partial charge >= 0.3 is 0 Å². The molecule has 4 aromatic rings. The zero-order valence-electron chi connectivity index (χ0n) is 16.6. The molecule has 0 aliphatic heterocycles. The first kappa shape index (κ1) is 18.2. The quantitative estimate of drug-likeness (QED) is 0.500. The number of benzene rings is 1. The second kappa shape index (κ2) is 7.22. The maximum absolute atomic E-state index is 13.3. The van der Waals surface area contributed by atoms with E-state index in [2.05, 4.69) is 47.6 Å². The van der Waals surface area contributed by atoms with Crippen LogP contribution in [0.2, 0.25) is 0 Å². The van der Waals surface area contributed by atoms with E-state index in [1.807, 2.05) is 22.4 Å². The van der Waals surface area contributed by atoms with Gasteiger partial charge in [-0.1, -0.05) is 18.9 Å². The number of aromatic nitrogens is 4.